The zero-order chi connectivity index (χ0) is 17.4. The number of nitrogens with one attached hydrogen (secondary N) is 2. The zero-order valence-corrected chi connectivity index (χ0v) is 14.8. The second-order valence-electron chi connectivity index (χ2n) is 7.89. The van der Waals surface area contributed by atoms with Crippen LogP contribution in [0, 0.1) is 12.8 Å². The van der Waals surface area contributed by atoms with Crippen LogP contribution in [0.3, 0.4) is 0 Å². The first-order valence-corrected chi connectivity index (χ1v) is 9.56. The van der Waals surface area contributed by atoms with Gasteiger partial charge in [0, 0.05) is 29.7 Å². The van der Waals surface area contributed by atoms with E-state index in [1.807, 2.05) is 36.1 Å². The lowest BCUT2D eigenvalue weighted by Crippen LogP contribution is -2.59. The molecule has 0 unspecified atom stereocenters. The summed E-state index contributed by atoms with van der Waals surface area (Å²) in [6.45, 7) is 2.04. The maximum atomic E-state index is 12.8. The molecule has 4 rings (SSSR count). The van der Waals surface area contributed by atoms with Crippen LogP contribution in [0.1, 0.15) is 50.5 Å². The standard InChI is InChI=1S/C20H27N3O2/c1-13-5-9-15(10-6-13)22-20(25)23-17-3-2-4-18(23)12-16(11-17)21-19(24)14-7-8-14/h5-6,9-10,14,16-18H,2-4,7-8,11-12H2,1H3,(H,21,24)(H,22,25)/t17-,18-/m0/s1. The monoisotopic (exact) mass is 341 g/mol. The SMILES string of the molecule is Cc1ccc(NC(=O)N2[C@H]3CCC[C@H]2CC(NC(=O)C2CC2)C3)cc1. The zero-order valence-electron chi connectivity index (χ0n) is 14.8. The van der Waals surface area contributed by atoms with E-state index in [-0.39, 0.29) is 36.0 Å². The molecular formula is C20H27N3O2. The lowest BCUT2D eigenvalue weighted by molar-refractivity contribution is -0.123. The van der Waals surface area contributed by atoms with Crippen molar-refractivity contribution in [2.75, 3.05) is 5.32 Å². The Hall–Kier alpha value is -2.04. The molecule has 1 aliphatic carbocycles. The Bertz CT molecular complexity index is 639. The van der Waals surface area contributed by atoms with Crippen molar-refractivity contribution >= 4 is 17.6 Å². The summed E-state index contributed by atoms with van der Waals surface area (Å²) in [4.78, 5) is 27.0. The molecule has 0 radical (unpaired) electrons. The van der Waals surface area contributed by atoms with Crippen LogP contribution in [0.4, 0.5) is 10.5 Å². The van der Waals surface area contributed by atoms with Crippen molar-refractivity contribution in [1.82, 2.24) is 10.2 Å². The fourth-order valence-corrected chi connectivity index (χ4v) is 4.32. The number of rotatable bonds is 3. The van der Waals surface area contributed by atoms with Crippen molar-refractivity contribution in [3.05, 3.63) is 29.8 Å². The molecule has 2 heterocycles. The molecule has 1 aromatic rings. The highest BCUT2D eigenvalue weighted by Gasteiger charge is 2.42. The van der Waals surface area contributed by atoms with Gasteiger partial charge in [0.2, 0.25) is 5.91 Å². The predicted molar refractivity (Wildman–Crippen MR) is 97.4 cm³/mol. The molecule has 5 heteroatoms. The minimum Gasteiger partial charge on any atom is -0.353 e. The van der Waals surface area contributed by atoms with Gasteiger partial charge in [0.15, 0.2) is 0 Å². The van der Waals surface area contributed by atoms with Gasteiger partial charge in [-0.25, -0.2) is 4.79 Å². The van der Waals surface area contributed by atoms with Crippen LogP contribution in [-0.4, -0.2) is 35.0 Å². The van der Waals surface area contributed by atoms with Crippen molar-refractivity contribution in [2.45, 2.75) is 70.0 Å². The number of amides is 3. The number of aryl methyl sites for hydroxylation is 1. The van der Waals surface area contributed by atoms with Crippen LogP contribution >= 0.6 is 0 Å². The second-order valence-corrected chi connectivity index (χ2v) is 7.89. The number of nitrogens with zero attached hydrogens (tertiary/aromatic N) is 1. The van der Waals surface area contributed by atoms with Crippen LogP contribution in [0.2, 0.25) is 0 Å². The third-order valence-corrected chi connectivity index (χ3v) is 5.81. The summed E-state index contributed by atoms with van der Waals surface area (Å²) >= 11 is 0. The first kappa shape index (κ1) is 16.4. The Morgan fingerprint density at radius 1 is 1.00 bits per heavy atom. The largest absolute Gasteiger partial charge is 0.353 e. The fraction of sp³-hybridized carbons (Fsp3) is 0.600. The van der Waals surface area contributed by atoms with Gasteiger partial charge in [-0.05, 0) is 64.0 Å². The van der Waals surface area contributed by atoms with Crippen molar-refractivity contribution in [3.8, 4) is 0 Å². The number of fused-ring (bicyclic) bond motifs is 2. The van der Waals surface area contributed by atoms with Gasteiger partial charge in [-0.1, -0.05) is 17.7 Å². The average molecular weight is 341 g/mol. The molecule has 2 saturated heterocycles. The molecule has 134 valence electrons. The normalized spacial score (nSPS) is 28.4. The summed E-state index contributed by atoms with van der Waals surface area (Å²) < 4.78 is 0. The molecule has 3 amide bonds. The van der Waals surface area contributed by atoms with E-state index in [1.54, 1.807) is 0 Å². The van der Waals surface area contributed by atoms with E-state index < -0.39 is 0 Å². The van der Waals surface area contributed by atoms with E-state index in [4.69, 9.17) is 0 Å². The highest BCUT2D eigenvalue weighted by atomic mass is 16.2. The van der Waals surface area contributed by atoms with Gasteiger partial charge in [-0.3, -0.25) is 4.79 Å². The summed E-state index contributed by atoms with van der Waals surface area (Å²) in [5.74, 6) is 0.475. The Kier molecular flexibility index (Phi) is 4.40. The summed E-state index contributed by atoms with van der Waals surface area (Å²) in [6.07, 6.45) is 7.09. The van der Waals surface area contributed by atoms with Crippen LogP contribution in [0.5, 0.6) is 0 Å². The lowest BCUT2D eigenvalue weighted by Gasteiger charge is -2.48. The summed E-state index contributed by atoms with van der Waals surface area (Å²) in [7, 11) is 0. The average Bonchev–Trinajstić information content (AvgIpc) is 3.41. The molecule has 1 aromatic carbocycles. The minimum absolute atomic E-state index is 0.00511. The number of anilines is 1. The van der Waals surface area contributed by atoms with E-state index in [0.717, 1.165) is 44.2 Å². The van der Waals surface area contributed by atoms with Crippen molar-refractivity contribution < 1.29 is 9.59 Å². The van der Waals surface area contributed by atoms with Gasteiger partial charge in [0.25, 0.3) is 0 Å². The molecule has 1 saturated carbocycles. The number of benzene rings is 1. The van der Waals surface area contributed by atoms with Crippen LogP contribution in [-0.2, 0) is 4.79 Å². The third-order valence-electron chi connectivity index (χ3n) is 5.81. The van der Waals surface area contributed by atoms with E-state index in [2.05, 4.69) is 10.6 Å². The highest BCUT2D eigenvalue weighted by Crippen LogP contribution is 2.35. The molecule has 0 spiro atoms. The summed E-state index contributed by atoms with van der Waals surface area (Å²) in [5, 5.41) is 6.28. The van der Waals surface area contributed by atoms with E-state index >= 15 is 0 Å². The van der Waals surface area contributed by atoms with Gasteiger partial charge >= 0.3 is 6.03 Å². The lowest BCUT2D eigenvalue weighted by atomic mass is 9.82. The smallest absolute Gasteiger partial charge is 0.322 e. The number of urea groups is 1. The molecule has 5 nitrogen and oxygen atoms in total. The van der Waals surface area contributed by atoms with Crippen molar-refractivity contribution in [3.63, 3.8) is 0 Å². The Morgan fingerprint density at radius 2 is 1.64 bits per heavy atom. The van der Waals surface area contributed by atoms with Crippen LogP contribution in [0.25, 0.3) is 0 Å². The molecule has 3 fully saturated rings. The molecule has 2 N–H and O–H groups in total. The van der Waals surface area contributed by atoms with Crippen molar-refractivity contribution in [1.29, 1.82) is 0 Å². The Morgan fingerprint density at radius 3 is 2.24 bits per heavy atom. The Balaban J connectivity index is 1.40. The first-order valence-electron chi connectivity index (χ1n) is 9.56. The number of carbonyl (C=O) groups excluding carboxylic acids is 2. The molecule has 3 aliphatic rings. The van der Waals surface area contributed by atoms with Gasteiger partial charge in [0.05, 0.1) is 0 Å². The quantitative estimate of drug-likeness (QED) is 0.885. The van der Waals surface area contributed by atoms with E-state index in [0.29, 0.717) is 0 Å². The molecule has 2 atom stereocenters. The Labute approximate surface area is 149 Å². The molecule has 25 heavy (non-hydrogen) atoms. The number of hydrogen-bond donors (Lipinski definition) is 2. The summed E-state index contributed by atoms with van der Waals surface area (Å²) in [5.41, 5.74) is 2.03. The van der Waals surface area contributed by atoms with E-state index in [1.165, 1.54) is 12.0 Å². The van der Waals surface area contributed by atoms with Gasteiger partial charge in [-0.2, -0.15) is 0 Å². The number of piperidine rings is 2. The summed E-state index contributed by atoms with van der Waals surface area (Å²) in [6, 6.07) is 8.63. The topological polar surface area (TPSA) is 61.4 Å². The van der Waals surface area contributed by atoms with Gasteiger partial charge < -0.3 is 15.5 Å². The third kappa shape index (κ3) is 3.65. The maximum absolute atomic E-state index is 12.8. The second kappa shape index (κ2) is 6.70. The molecule has 2 bridgehead atoms. The minimum atomic E-state index is 0.00511. The van der Waals surface area contributed by atoms with Gasteiger partial charge in [0.1, 0.15) is 0 Å². The van der Waals surface area contributed by atoms with Gasteiger partial charge in [-0.15, -0.1) is 0 Å². The predicted octanol–water partition coefficient (Wildman–Crippen LogP) is 3.44. The highest BCUT2D eigenvalue weighted by molar-refractivity contribution is 5.90. The van der Waals surface area contributed by atoms with Crippen LogP contribution in [0.15, 0.2) is 24.3 Å². The first-order chi connectivity index (χ1) is 12.1. The van der Waals surface area contributed by atoms with Crippen molar-refractivity contribution in [2.24, 2.45) is 5.92 Å². The number of hydrogen-bond acceptors (Lipinski definition) is 2. The number of carbonyl (C=O) groups is 2. The molecule has 0 aromatic heterocycles. The molecular weight excluding hydrogens is 314 g/mol. The fourth-order valence-electron chi connectivity index (χ4n) is 4.32. The van der Waals surface area contributed by atoms with E-state index in [9.17, 15) is 9.59 Å². The maximum Gasteiger partial charge on any atom is 0.322 e. The van der Waals surface area contributed by atoms with Crippen LogP contribution < -0.4 is 10.6 Å². The molecule has 2 aliphatic heterocycles.